The first-order chi connectivity index (χ1) is 14.2. The number of amides is 1. The van der Waals surface area contributed by atoms with E-state index in [0.717, 1.165) is 50.8 Å². The fourth-order valence-corrected chi connectivity index (χ4v) is 4.35. The zero-order valence-electron chi connectivity index (χ0n) is 17.8. The van der Waals surface area contributed by atoms with Crippen LogP contribution in [0.15, 0.2) is 42.7 Å². The van der Waals surface area contributed by atoms with Gasteiger partial charge in [0.15, 0.2) is 5.78 Å². The number of aromatic nitrogens is 1. The summed E-state index contributed by atoms with van der Waals surface area (Å²) >= 11 is 0. The van der Waals surface area contributed by atoms with E-state index >= 15 is 0 Å². The molecular formula is C24H29AcClN3O2-. The van der Waals surface area contributed by atoms with Gasteiger partial charge in [0.2, 0.25) is 0 Å². The molecule has 163 valence electrons. The average Bonchev–Trinajstić information content (AvgIpc) is 3.00. The molecule has 1 aromatic heterocycles. The number of ketones is 1. The van der Waals surface area contributed by atoms with Crippen molar-refractivity contribution >= 4 is 24.1 Å². The molecular weight excluding hydrogens is 625 g/mol. The number of fused-ring (bicyclic) bond motifs is 1. The Bertz CT molecular complexity index is 872. The molecule has 3 heterocycles. The zero-order valence-corrected chi connectivity index (χ0v) is 23.4. The summed E-state index contributed by atoms with van der Waals surface area (Å²) in [5.74, 6) is 0.911. The minimum absolute atomic E-state index is 0. The number of hydrogen-bond acceptors (Lipinski definition) is 3. The van der Waals surface area contributed by atoms with Crippen LogP contribution in [0.25, 0.3) is 5.32 Å². The predicted octanol–water partition coefficient (Wildman–Crippen LogP) is 4.49. The van der Waals surface area contributed by atoms with Crippen molar-refractivity contribution in [3.05, 3.63) is 70.3 Å². The molecule has 0 saturated carbocycles. The molecule has 0 aliphatic carbocycles. The number of piperidine rings is 1. The maximum atomic E-state index is 12.7. The molecule has 1 aromatic carbocycles. The number of pyridine rings is 1. The molecule has 0 spiro atoms. The quantitative estimate of drug-likeness (QED) is 0.447. The van der Waals surface area contributed by atoms with Crippen molar-refractivity contribution in [2.45, 2.75) is 38.5 Å². The van der Waals surface area contributed by atoms with Crippen LogP contribution in [-0.4, -0.2) is 47.8 Å². The number of benzene rings is 1. The van der Waals surface area contributed by atoms with Crippen molar-refractivity contribution in [2.75, 3.05) is 26.2 Å². The summed E-state index contributed by atoms with van der Waals surface area (Å²) in [7, 11) is 0. The Labute approximate surface area is 226 Å². The van der Waals surface area contributed by atoms with Crippen molar-refractivity contribution < 1.29 is 53.7 Å². The summed E-state index contributed by atoms with van der Waals surface area (Å²) in [6.45, 7) is 3.27. The summed E-state index contributed by atoms with van der Waals surface area (Å²) in [5.41, 5.74) is 3.90. The molecule has 2 aliphatic heterocycles. The first-order valence-electron chi connectivity index (χ1n) is 10.7. The summed E-state index contributed by atoms with van der Waals surface area (Å²) in [6, 6.07) is 9.71. The van der Waals surface area contributed by atoms with Crippen LogP contribution in [0.1, 0.15) is 57.5 Å². The second kappa shape index (κ2) is 13.0. The maximum Gasteiger partial charge on any atom is 0.255 e. The Kier molecular flexibility index (Phi) is 11.1. The number of carbonyl (C=O) groups excluding carboxylic acids is 2. The number of carbonyl (C=O) groups is 2. The number of hydrogen-bond donors (Lipinski definition) is 0. The Morgan fingerprint density at radius 3 is 2.48 bits per heavy atom. The van der Waals surface area contributed by atoms with E-state index in [1.54, 1.807) is 18.5 Å². The maximum absolute atomic E-state index is 12.7. The molecule has 0 bridgehead atoms. The van der Waals surface area contributed by atoms with Crippen molar-refractivity contribution in [2.24, 2.45) is 5.92 Å². The van der Waals surface area contributed by atoms with Crippen LogP contribution in [0.3, 0.4) is 0 Å². The molecule has 1 radical (unpaired) electrons. The van der Waals surface area contributed by atoms with E-state index in [0.29, 0.717) is 31.0 Å². The summed E-state index contributed by atoms with van der Waals surface area (Å²) in [6.07, 6.45) is 8.74. The number of rotatable bonds is 5. The van der Waals surface area contributed by atoms with Crippen molar-refractivity contribution in [1.82, 2.24) is 9.88 Å². The van der Waals surface area contributed by atoms with E-state index in [4.69, 9.17) is 0 Å². The van der Waals surface area contributed by atoms with Crippen molar-refractivity contribution in [1.29, 1.82) is 0 Å². The summed E-state index contributed by atoms with van der Waals surface area (Å²) in [4.78, 5) is 31.4. The van der Waals surface area contributed by atoms with E-state index in [1.807, 2.05) is 17.0 Å². The molecule has 2 aromatic rings. The van der Waals surface area contributed by atoms with Gasteiger partial charge in [-0.1, -0.05) is 25.0 Å². The molecule has 2 aliphatic rings. The molecule has 1 amide bonds. The average molecular weight is 654 g/mol. The van der Waals surface area contributed by atoms with Gasteiger partial charge in [0, 0.05) is 81.5 Å². The summed E-state index contributed by atoms with van der Waals surface area (Å²) in [5, 5.41) is 4.39. The van der Waals surface area contributed by atoms with Crippen LogP contribution >= 0.6 is 12.4 Å². The smallest absolute Gasteiger partial charge is 0.255 e. The molecule has 31 heavy (non-hydrogen) atoms. The van der Waals surface area contributed by atoms with Crippen LogP contribution in [-0.2, 0) is 12.8 Å². The molecule has 4 rings (SSSR count). The van der Waals surface area contributed by atoms with Gasteiger partial charge in [-0.25, -0.2) is 0 Å². The predicted molar refractivity (Wildman–Crippen MR) is 121 cm³/mol. The molecule has 1 saturated heterocycles. The Morgan fingerprint density at radius 2 is 1.77 bits per heavy atom. The van der Waals surface area contributed by atoms with Crippen LogP contribution in [0.4, 0.5) is 0 Å². The fraction of sp³-hybridized carbons (Fsp3) is 0.458. The minimum Gasteiger partial charge on any atom is -0.662 e. The van der Waals surface area contributed by atoms with E-state index in [9.17, 15) is 9.59 Å². The molecule has 5 nitrogen and oxygen atoms in total. The zero-order chi connectivity index (χ0) is 20.1. The monoisotopic (exact) mass is 653 g/mol. The van der Waals surface area contributed by atoms with Gasteiger partial charge in [-0.05, 0) is 54.5 Å². The van der Waals surface area contributed by atoms with Gasteiger partial charge in [-0.15, -0.1) is 25.5 Å². The van der Waals surface area contributed by atoms with Crippen LogP contribution < -0.4 is 0 Å². The second-order valence-electron chi connectivity index (χ2n) is 8.09. The summed E-state index contributed by atoms with van der Waals surface area (Å²) < 4.78 is 0. The fourth-order valence-electron chi connectivity index (χ4n) is 4.35. The molecule has 7 heteroatoms. The van der Waals surface area contributed by atoms with Gasteiger partial charge in [0.1, 0.15) is 0 Å². The largest absolute Gasteiger partial charge is 0.662 e. The second-order valence-corrected chi connectivity index (χ2v) is 8.09. The van der Waals surface area contributed by atoms with Gasteiger partial charge in [-0.3, -0.25) is 14.6 Å². The number of nitrogens with zero attached hydrogens (tertiary/aromatic N) is 3. The van der Waals surface area contributed by atoms with Crippen LogP contribution in [0.5, 0.6) is 0 Å². The minimum atomic E-state index is 0. The molecule has 0 unspecified atom stereocenters. The van der Waals surface area contributed by atoms with Crippen molar-refractivity contribution in [3.63, 3.8) is 0 Å². The first kappa shape index (κ1) is 26.5. The SMILES string of the molecule is Cl.O=C(CCC1CC[N-]CC1)c1ccc2c(c1)CCN(C(=O)c1cccnc1)CC2.[Ac]. The van der Waals surface area contributed by atoms with Gasteiger partial charge in [0.25, 0.3) is 5.91 Å². The molecule has 0 atom stereocenters. The third-order valence-corrected chi connectivity index (χ3v) is 6.20. The van der Waals surface area contributed by atoms with Gasteiger partial charge >= 0.3 is 0 Å². The van der Waals surface area contributed by atoms with Gasteiger partial charge < -0.3 is 10.2 Å². The van der Waals surface area contributed by atoms with Gasteiger partial charge in [0.05, 0.1) is 5.56 Å². The van der Waals surface area contributed by atoms with Crippen molar-refractivity contribution in [3.8, 4) is 0 Å². The van der Waals surface area contributed by atoms with Gasteiger partial charge in [-0.2, -0.15) is 0 Å². The Morgan fingerprint density at radius 1 is 1.03 bits per heavy atom. The van der Waals surface area contributed by atoms with E-state index in [1.165, 1.54) is 11.1 Å². The first-order valence-corrected chi connectivity index (χ1v) is 10.7. The van der Waals surface area contributed by atoms with Crippen LogP contribution in [0.2, 0.25) is 0 Å². The molecule has 0 N–H and O–H groups in total. The topological polar surface area (TPSA) is 64.4 Å². The Balaban J connectivity index is 0.00000171. The van der Waals surface area contributed by atoms with E-state index < -0.39 is 0 Å². The van der Waals surface area contributed by atoms with E-state index in [-0.39, 0.29) is 68.2 Å². The number of Topliss-reactive ketones (excluding diaryl/α,β-unsaturated/α-hetero) is 1. The van der Waals surface area contributed by atoms with E-state index in [2.05, 4.69) is 22.4 Å². The normalized spacial score (nSPS) is 16.3. The number of halogens is 1. The third-order valence-electron chi connectivity index (χ3n) is 6.20. The Hall–Kier alpha value is -0.798. The molecule has 1 fully saturated rings. The van der Waals surface area contributed by atoms with Crippen LogP contribution in [0, 0.1) is 50.0 Å². The standard InChI is InChI=1S/C24H28N3O2.Ac.ClH/c28-23(6-3-18-7-12-25-13-8-18)21-5-4-19-9-14-27(15-10-20(19)16-21)24(29)22-2-1-11-26-17-22;;/h1-2,4-5,11,16-18H,3,6-10,12-15H2;;1H/q-1;;. The third kappa shape index (κ3) is 7.09.